The number of nitrogens with zero attached hydrogens (tertiary/aromatic N) is 1. The number of fused-ring (bicyclic) bond motifs is 1. The average Bonchev–Trinajstić information content (AvgIpc) is 2.44. The van der Waals surface area contributed by atoms with Crippen molar-refractivity contribution in [3.8, 4) is 16.9 Å². The van der Waals surface area contributed by atoms with E-state index >= 15 is 0 Å². The number of hydrogen-bond acceptors (Lipinski definition) is 2. The maximum absolute atomic E-state index is 10.4. The molecule has 100 valence electrons. The predicted molar refractivity (Wildman–Crippen MR) is 86.0 cm³/mol. The molecule has 0 radical (unpaired) electrons. The zero-order valence-corrected chi connectivity index (χ0v) is 12.9. The molecular formula is C17H14BrNO. The predicted octanol–water partition coefficient (Wildman–Crippen LogP) is 4.99. The topological polar surface area (TPSA) is 33.1 Å². The molecule has 0 unspecified atom stereocenters. The summed E-state index contributed by atoms with van der Waals surface area (Å²) in [5, 5.41) is 12.6. The number of pyridine rings is 1. The molecule has 0 fully saturated rings. The Labute approximate surface area is 126 Å². The zero-order valence-electron chi connectivity index (χ0n) is 11.3. The van der Waals surface area contributed by atoms with E-state index in [1.54, 1.807) is 6.20 Å². The molecule has 2 aromatic carbocycles. The number of para-hydroxylation sites is 1. The zero-order chi connectivity index (χ0) is 14.3. The van der Waals surface area contributed by atoms with Crippen LogP contribution >= 0.6 is 15.9 Å². The van der Waals surface area contributed by atoms with Crippen molar-refractivity contribution in [3.63, 3.8) is 0 Å². The Balaban J connectivity index is 2.46. The van der Waals surface area contributed by atoms with E-state index in [4.69, 9.17) is 0 Å². The molecule has 0 aliphatic carbocycles. The van der Waals surface area contributed by atoms with Crippen molar-refractivity contribution in [2.45, 2.75) is 13.8 Å². The lowest BCUT2D eigenvalue weighted by atomic mass is 9.91. The molecule has 3 rings (SSSR count). The van der Waals surface area contributed by atoms with Crippen molar-refractivity contribution in [2.75, 3.05) is 0 Å². The second-order valence-electron chi connectivity index (χ2n) is 4.93. The Morgan fingerprint density at radius 2 is 1.95 bits per heavy atom. The van der Waals surface area contributed by atoms with Crippen LogP contribution in [0.15, 0.2) is 47.2 Å². The van der Waals surface area contributed by atoms with Crippen molar-refractivity contribution in [2.24, 2.45) is 0 Å². The minimum absolute atomic E-state index is 0.270. The van der Waals surface area contributed by atoms with Crippen LogP contribution < -0.4 is 0 Å². The van der Waals surface area contributed by atoms with E-state index in [2.05, 4.69) is 40.8 Å². The fourth-order valence-electron chi connectivity index (χ4n) is 2.54. The van der Waals surface area contributed by atoms with E-state index in [0.29, 0.717) is 4.47 Å². The number of halogens is 1. The van der Waals surface area contributed by atoms with E-state index in [9.17, 15) is 5.11 Å². The highest BCUT2D eigenvalue weighted by Crippen LogP contribution is 2.41. The molecule has 0 aliphatic heterocycles. The maximum atomic E-state index is 10.4. The number of aryl methyl sites for hydroxylation is 1. The van der Waals surface area contributed by atoms with Gasteiger partial charge in [0.2, 0.25) is 0 Å². The summed E-state index contributed by atoms with van der Waals surface area (Å²) in [4.78, 5) is 4.23. The molecular weight excluding hydrogens is 314 g/mol. The van der Waals surface area contributed by atoms with Crippen molar-refractivity contribution in [3.05, 3.63) is 58.3 Å². The Hall–Kier alpha value is -1.87. The number of aromatic nitrogens is 1. The molecule has 3 heteroatoms. The highest BCUT2D eigenvalue weighted by atomic mass is 79.9. The van der Waals surface area contributed by atoms with Gasteiger partial charge in [-0.05, 0) is 64.0 Å². The van der Waals surface area contributed by atoms with Gasteiger partial charge in [0, 0.05) is 23.3 Å². The van der Waals surface area contributed by atoms with Gasteiger partial charge in [0.15, 0.2) is 0 Å². The molecule has 0 atom stereocenters. The number of aromatic hydroxyl groups is 1. The third kappa shape index (κ3) is 1.98. The van der Waals surface area contributed by atoms with Crippen molar-refractivity contribution >= 4 is 26.7 Å². The molecule has 0 amide bonds. The Kier molecular flexibility index (Phi) is 3.22. The minimum atomic E-state index is 0.270. The molecule has 3 aromatic rings. The van der Waals surface area contributed by atoms with Gasteiger partial charge in [0.05, 0.1) is 4.47 Å². The lowest BCUT2D eigenvalue weighted by Crippen LogP contribution is -1.92. The van der Waals surface area contributed by atoms with Gasteiger partial charge in [-0.15, -0.1) is 0 Å². The molecule has 1 heterocycles. The fourth-order valence-corrected chi connectivity index (χ4v) is 2.91. The maximum Gasteiger partial charge on any atom is 0.137 e. The highest BCUT2D eigenvalue weighted by molar-refractivity contribution is 9.10. The van der Waals surface area contributed by atoms with Crippen molar-refractivity contribution < 1.29 is 5.11 Å². The summed E-state index contributed by atoms with van der Waals surface area (Å²) in [5.41, 5.74) is 4.25. The van der Waals surface area contributed by atoms with Crippen LogP contribution in [0.2, 0.25) is 0 Å². The Morgan fingerprint density at radius 1 is 1.15 bits per heavy atom. The number of phenolic OH excluding ortho intramolecular Hbond substituents is 1. The standard InChI is InChI=1S/C17H14BrNO/c1-10-8-12-6-7-19-9-14(12)16(11(10)2)13-4-3-5-15(18)17(13)20/h3-9,20H,1-2H3. The van der Waals surface area contributed by atoms with Crippen molar-refractivity contribution in [1.82, 2.24) is 4.98 Å². The second-order valence-corrected chi connectivity index (χ2v) is 5.78. The molecule has 1 aromatic heterocycles. The summed E-state index contributed by atoms with van der Waals surface area (Å²) in [6.07, 6.45) is 3.65. The van der Waals surface area contributed by atoms with Crippen LogP contribution in [0.5, 0.6) is 5.75 Å². The van der Waals surface area contributed by atoms with E-state index in [0.717, 1.165) is 21.9 Å². The quantitative estimate of drug-likeness (QED) is 0.683. The average molecular weight is 328 g/mol. The summed E-state index contributed by atoms with van der Waals surface area (Å²) < 4.78 is 0.702. The molecule has 0 bridgehead atoms. The molecule has 2 nitrogen and oxygen atoms in total. The first-order valence-electron chi connectivity index (χ1n) is 6.41. The van der Waals surface area contributed by atoms with Gasteiger partial charge in [-0.25, -0.2) is 0 Å². The third-order valence-electron chi connectivity index (χ3n) is 3.72. The summed E-state index contributed by atoms with van der Waals surface area (Å²) >= 11 is 3.38. The SMILES string of the molecule is Cc1cc2ccncc2c(-c2cccc(Br)c2O)c1C. The van der Waals surface area contributed by atoms with Gasteiger partial charge in [-0.1, -0.05) is 18.2 Å². The second kappa shape index (κ2) is 4.91. The Bertz CT molecular complexity index is 811. The number of hydrogen-bond donors (Lipinski definition) is 1. The number of benzene rings is 2. The normalized spacial score (nSPS) is 10.9. The van der Waals surface area contributed by atoms with Gasteiger partial charge < -0.3 is 5.11 Å². The van der Waals surface area contributed by atoms with Crippen LogP contribution in [-0.4, -0.2) is 10.1 Å². The van der Waals surface area contributed by atoms with Crippen LogP contribution in [0.25, 0.3) is 21.9 Å². The Morgan fingerprint density at radius 3 is 2.75 bits per heavy atom. The van der Waals surface area contributed by atoms with E-state index in [1.165, 1.54) is 11.1 Å². The number of phenols is 1. The van der Waals surface area contributed by atoms with Crippen LogP contribution in [0.3, 0.4) is 0 Å². The van der Waals surface area contributed by atoms with Crippen LogP contribution in [-0.2, 0) is 0 Å². The van der Waals surface area contributed by atoms with Gasteiger partial charge in [-0.3, -0.25) is 4.98 Å². The minimum Gasteiger partial charge on any atom is -0.506 e. The first-order valence-corrected chi connectivity index (χ1v) is 7.20. The molecule has 0 saturated carbocycles. The van der Waals surface area contributed by atoms with Crippen LogP contribution in [0.4, 0.5) is 0 Å². The van der Waals surface area contributed by atoms with Crippen LogP contribution in [0, 0.1) is 13.8 Å². The van der Waals surface area contributed by atoms with E-state index in [-0.39, 0.29) is 5.75 Å². The monoisotopic (exact) mass is 327 g/mol. The largest absolute Gasteiger partial charge is 0.506 e. The third-order valence-corrected chi connectivity index (χ3v) is 4.36. The number of rotatable bonds is 1. The van der Waals surface area contributed by atoms with E-state index < -0.39 is 0 Å². The molecule has 0 spiro atoms. The van der Waals surface area contributed by atoms with Gasteiger partial charge in [0.25, 0.3) is 0 Å². The molecule has 1 N–H and O–H groups in total. The van der Waals surface area contributed by atoms with Gasteiger partial charge in [0.1, 0.15) is 5.75 Å². The molecule has 0 aliphatic rings. The highest BCUT2D eigenvalue weighted by Gasteiger charge is 2.14. The van der Waals surface area contributed by atoms with E-state index in [1.807, 2.05) is 30.5 Å². The lowest BCUT2D eigenvalue weighted by molar-refractivity contribution is 0.474. The summed E-state index contributed by atoms with van der Waals surface area (Å²) in [5.74, 6) is 0.270. The summed E-state index contributed by atoms with van der Waals surface area (Å²) in [7, 11) is 0. The molecule has 0 saturated heterocycles. The first kappa shape index (κ1) is 13.1. The lowest BCUT2D eigenvalue weighted by Gasteiger charge is -2.15. The summed E-state index contributed by atoms with van der Waals surface area (Å²) in [6, 6.07) is 9.87. The van der Waals surface area contributed by atoms with Gasteiger partial charge >= 0.3 is 0 Å². The molecule has 20 heavy (non-hydrogen) atoms. The first-order chi connectivity index (χ1) is 9.59. The van der Waals surface area contributed by atoms with Crippen molar-refractivity contribution in [1.29, 1.82) is 0 Å². The smallest absolute Gasteiger partial charge is 0.137 e. The fraction of sp³-hybridized carbons (Fsp3) is 0.118. The summed E-state index contributed by atoms with van der Waals surface area (Å²) in [6.45, 7) is 4.17. The van der Waals surface area contributed by atoms with Crippen LogP contribution in [0.1, 0.15) is 11.1 Å². The van der Waals surface area contributed by atoms with Gasteiger partial charge in [-0.2, -0.15) is 0 Å².